The van der Waals surface area contributed by atoms with Crippen LogP contribution in [0, 0.1) is 29.8 Å². The van der Waals surface area contributed by atoms with E-state index in [4.69, 9.17) is 4.74 Å². The Morgan fingerprint density at radius 1 is 1.35 bits per heavy atom. The van der Waals surface area contributed by atoms with Gasteiger partial charge in [0.05, 0.1) is 21.7 Å². The molecule has 6 nitrogen and oxygen atoms in total. The lowest BCUT2D eigenvalue weighted by Gasteiger charge is -2.20. The van der Waals surface area contributed by atoms with Crippen molar-refractivity contribution in [3.05, 3.63) is 33.1 Å². The molecule has 1 amide bonds. The fraction of sp³-hybridized carbons (Fsp3) is 0.462. The summed E-state index contributed by atoms with van der Waals surface area (Å²) in [6.45, 7) is 7.79. The molecular weight excluding hydrogens is 267 g/mol. The van der Waals surface area contributed by atoms with Crippen LogP contribution in [0.3, 0.4) is 0 Å². The number of nitro groups is 1. The van der Waals surface area contributed by atoms with Crippen LogP contribution in [0.2, 0.25) is 0 Å². The number of hydrogen-bond acceptors (Lipinski definition) is 4. The standard InChI is InChI=1S/C13H17FN2O4/c1-7-9(14)6-10(8(2)11(7)16(18)19)15-12(17)20-13(3,4)5/h6H,1-5H3,(H,15,17). The molecule has 110 valence electrons. The molecule has 1 N–H and O–H groups in total. The molecule has 1 aromatic rings. The molecule has 0 saturated heterocycles. The van der Waals surface area contributed by atoms with Crippen molar-refractivity contribution in [2.75, 3.05) is 5.32 Å². The van der Waals surface area contributed by atoms with Gasteiger partial charge < -0.3 is 4.74 Å². The number of hydrogen-bond donors (Lipinski definition) is 1. The van der Waals surface area contributed by atoms with Crippen molar-refractivity contribution in [3.8, 4) is 0 Å². The molecule has 0 aliphatic rings. The van der Waals surface area contributed by atoms with Gasteiger partial charge in [0.15, 0.2) is 0 Å². The lowest BCUT2D eigenvalue weighted by Crippen LogP contribution is -2.27. The monoisotopic (exact) mass is 284 g/mol. The minimum absolute atomic E-state index is 0.0223. The molecule has 0 bridgehead atoms. The maximum absolute atomic E-state index is 13.7. The van der Waals surface area contributed by atoms with Crippen LogP contribution >= 0.6 is 0 Å². The Hall–Kier alpha value is -2.18. The normalized spacial score (nSPS) is 11.1. The number of nitrogens with zero attached hydrogens (tertiary/aromatic N) is 1. The number of carbonyl (C=O) groups excluding carboxylic acids is 1. The molecule has 0 aromatic heterocycles. The van der Waals surface area contributed by atoms with Crippen LogP contribution in [-0.2, 0) is 4.74 Å². The number of carbonyl (C=O) groups is 1. The third-order valence-electron chi connectivity index (χ3n) is 2.56. The maximum Gasteiger partial charge on any atom is 0.412 e. The summed E-state index contributed by atoms with van der Waals surface area (Å²) in [5.41, 5.74) is -0.931. The van der Waals surface area contributed by atoms with Gasteiger partial charge in [-0.2, -0.15) is 0 Å². The third-order valence-corrected chi connectivity index (χ3v) is 2.56. The van der Waals surface area contributed by atoms with Gasteiger partial charge in [0.1, 0.15) is 11.4 Å². The molecule has 0 heterocycles. The third kappa shape index (κ3) is 3.66. The molecule has 20 heavy (non-hydrogen) atoms. The molecule has 0 aliphatic heterocycles. The molecule has 0 spiro atoms. The zero-order valence-electron chi connectivity index (χ0n) is 12.0. The van der Waals surface area contributed by atoms with Crippen molar-refractivity contribution >= 4 is 17.5 Å². The van der Waals surface area contributed by atoms with Gasteiger partial charge in [-0.05, 0) is 40.7 Å². The van der Waals surface area contributed by atoms with E-state index in [1.54, 1.807) is 20.8 Å². The van der Waals surface area contributed by atoms with E-state index in [2.05, 4.69) is 5.32 Å². The second kappa shape index (κ2) is 5.44. The van der Waals surface area contributed by atoms with Crippen LogP contribution in [0.25, 0.3) is 0 Å². The number of anilines is 1. The van der Waals surface area contributed by atoms with Crippen LogP contribution in [-0.4, -0.2) is 16.6 Å². The Balaban J connectivity index is 3.15. The first-order valence-corrected chi connectivity index (χ1v) is 5.97. The second-order valence-electron chi connectivity index (χ2n) is 5.39. The van der Waals surface area contributed by atoms with Crippen LogP contribution in [0.5, 0.6) is 0 Å². The lowest BCUT2D eigenvalue weighted by molar-refractivity contribution is -0.386. The van der Waals surface area contributed by atoms with Crippen molar-refractivity contribution in [2.24, 2.45) is 0 Å². The predicted octanol–water partition coefficient (Wildman–Crippen LogP) is 3.70. The average Bonchev–Trinajstić information content (AvgIpc) is 2.22. The van der Waals surface area contributed by atoms with Gasteiger partial charge in [-0.3, -0.25) is 15.4 Å². The van der Waals surface area contributed by atoms with E-state index >= 15 is 0 Å². The number of rotatable bonds is 2. The Morgan fingerprint density at radius 3 is 2.35 bits per heavy atom. The highest BCUT2D eigenvalue weighted by molar-refractivity contribution is 5.87. The largest absolute Gasteiger partial charge is 0.444 e. The highest BCUT2D eigenvalue weighted by Gasteiger charge is 2.24. The molecule has 0 fully saturated rings. The Bertz CT molecular complexity index is 564. The van der Waals surface area contributed by atoms with E-state index in [-0.39, 0.29) is 22.5 Å². The van der Waals surface area contributed by atoms with Gasteiger partial charge >= 0.3 is 6.09 Å². The van der Waals surface area contributed by atoms with Crippen molar-refractivity contribution in [3.63, 3.8) is 0 Å². The highest BCUT2D eigenvalue weighted by Crippen LogP contribution is 2.31. The SMILES string of the molecule is Cc1c(F)cc(NC(=O)OC(C)(C)C)c(C)c1[N+](=O)[O-]. The van der Waals surface area contributed by atoms with Crippen molar-refractivity contribution in [1.29, 1.82) is 0 Å². The summed E-state index contributed by atoms with van der Waals surface area (Å²) < 4.78 is 18.7. The Morgan fingerprint density at radius 2 is 1.90 bits per heavy atom. The van der Waals surface area contributed by atoms with E-state index < -0.39 is 22.4 Å². The molecule has 7 heteroatoms. The smallest absolute Gasteiger partial charge is 0.412 e. The van der Waals surface area contributed by atoms with Gasteiger partial charge in [0.2, 0.25) is 0 Å². The summed E-state index contributed by atoms with van der Waals surface area (Å²) in [4.78, 5) is 21.9. The first kappa shape index (κ1) is 15.9. The quantitative estimate of drug-likeness (QED) is 0.663. The first-order chi connectivity index (χ1) is 9.03. The second-order valence-corrected chi connectivity index (χ2v) is 5.39. The van der Waals surface area contributed by atoms with Crippen LogP contribution in [0.1, 0.15) is 31.9 Å². The van der Waals surface area contributed by atoms with Gasteiger partial charge in [0, 0.05) is 0 Å². The number of halogens is 1. The van der Waals surface area contributed by atoms with Crippen LogP contribution < -0.4 is 5.32 Å². The molecule has 1 aromatic carbocycles. The number of ether oxygens (including phenoxy) is 1. The summed E-state index contributed by atoms with van der Waals surface area (Å²) in [7, 11) is 0. The number of benzene rings is 1. The molecule has 0 saturated carbocycles. The van der Waals surface area contributed by atoms with Crippen LogP contribution in [0.15, 0.2) is 6.07 Å². The van der Waals surface area contributed by atoms with E-state index in [0.717, 1.165) is 6.07 Å². The van der Waals surface area contributed by atoms with Crippen LogP contribution in [0.4, 0.5) is 20.6 Å². The summed E-state index contributed by atoms with van der Waals surface area (Å²) >= 11 is 0. The highest BCUT2D eigenvalue weighted by atomic mass is 19.1. The van der Waals surface area contributed by atoms with Gasteiger partial charge in [-0.15, -0.1) is 0 Å². The van der Waals surface area contributed by atoms with E-state index in [1.165, 1.54) is 13.8 Å². The summed E-state index contributed by atoms with van der Waals surface area (Å²) in [6.07, 6.45) is -0.793. The van der Waals surface area contributed by atoms with E-state index in [1.807, 2.05) is 0 Å². The molecule has 0 radical (unpaired) electrons. The number of amides is 1. The molecule has 0 aliphatic carbocycles. The molecule has 0 unspecified atom stereocenters. The Labute approximate surface area is 116 Å². The fourth-order valence-electron chi connectivity index (χ4n) is 1.68. The van der Waals surface area contributed by atoms with Crippen molar-refractivity contribution in [2.45, 2.75) is 40.2 Å². The summed E-state index contributed by atoms with van der Waals surface area (Å²) in [5.74, 6) is -0.756. The van der Waals surface area contributed by atoms with Gasteiger partial charge in [0.25, 0.3) is 5.69 Å². The van der Waals surface area contributed by atoms with Gasteiger partial charge in [-0.1, -0.05) is 0 Å². The predicted molar refractivity (Wildman–Crippen MR) is 72.4 cm³/mol. The van der Waals surface area contributed by atoms with Crippen molar-refractivity contribution < 1.29 is 18.8 Å². The zero-order chi connectivity index (χ0) is 15.7. The molecular formula is C13H17FN2O4. The minimum atomic E-state index is -0.793. The lowest BCUT2D eigenvalue weighted by atomic mass is 10.1. The Kier molecular flexibility index (Phi) is 4.32. The molecule has 0 atom stereocenters. The number of nitrogens with one attached hydrogen (secondary N) is 1. The van der Waals surface area contributed by atoms with E-state index in [0.29, 0.717) is 0 Å². The summed E-state index contributed by atoms with van der Waals surface area (Å²) in [6, 6.07) is 1.04. The fourth-order valence-corrected chi connectivity index (χ4v) is 1.68. The van der Waals surface area contributed by atoms with Crippen molar-refractivity contribution in [1.82, 2.24) is 0 Å². The van der Waals surface area contributed by atoms with Gasteiger partial charge in [-0.25, -0.2) is 9.18 Å². The maximum atomic E-state index is 13.7. The topological polar surface area (TPSA) is 81.5 Å². The zero-order valence-corrected chi connectivity index (χ0v) is 12.0. The summed E-state index contributed by atoms with van der Waals surface area (Å²) in [5, 5.41) is 13.3. The first-order valence-electron chi connectivity index (χ1n) is 5.97. The van der Waals surface area contributed by atoms with E-state index in [9.17, 15) is 19.3 Å². The average molecular weight is 284 g/mol. The minimum Gasteiger partial charge on any atom is -0.444 e. The molecule has 1 rings (SSSR count). The number of nitro benzene ring substituents is 1.